The van der Waals surface area contributed by atoms with Gasteiger partial charge in [0.25, 0.3) is 5.56 Å². The number of aromatic nitrogens is 2. The van der Waals surface area contributed by atoms with Gasteiger partial charge < -0.3 is 9.72 Å². The summed E-state index contributed by atoms with van der Waals surface area (Å²) in [7, 11) is 1.38. The third-order valence-corrected chi connectivity index (χ3v) is 5.89. The lowest BCUT2D eigenvalue weighted by molar-refractivity contribution is 0.232. The maximum Gasteiger partial charge on any atom is 0.254 e. The van der Waals surface area contributed by atoms with Gasteiger partial charge in [0.1, 0.15) is 23.2 Å². The lowest BCUT2D eigenvalue weighted by Gasteiger charge is -2.29. The topological polar surface area (TPSA) is 58.2 Å². The van der Waals surface area contributed by atoms with Crippen molar-refractivity contribution in [2.75, 3.05) is 13.7 Å². The summed E-state index contributed by atoms with van der Waals surface area (Å²) in [5.41, 5.74) is 1.39. The Hall–Kier alpha value is -2.28. The second kappa shape index (κ2) is 7.99. The van der Waals surface area contributed by atoms with E-state index in [1.807, 2.05) is 4.90 Å². The third kappa shape index (κ3) is 3.81. The number of fused-ring (bicyclic) bond motifs is 1. The van der Waals surface area contributed by atoms with Gasteiger partial charge in [0, 0.05) is 48.8 Å². The molecule has 2 aromatic rings. The van der Waals surface area contributed by atoms with Gasteiger partial charge in [-0.3, -0.25) is 9.69 Å². The van der Waals surface area contributed by atoms with Crippen LogP contribution in [0, 0.1) is 11.6 Å². The molecule has 2 heterocycles. The summed E-state index contributed by atoms with van der Waals surface area (Å²) in [6.07, 6.45) is 6.18. The zero-order chi connectivity index (χ0) is 19.7. The highest BCUT2D eigenvalue weighted by atomic mass is 19.1. The van der Waals surface area contributed by atoms with Gasteiger partial charge in [0.15, 0.2) is 0 Å². The van der Waals surface area contributed by atoms with Gasteiger partial charge in [-0.2, -0.15) is 0 Å². The molecule has 28 heavy (non-hydrogen) atoms. The first-order valence-corrected chi connectivity index (χ1v) is 9.91. The van der Waals surface area contributed by atoms with Crippen LogP contribution in [0.5, 0.6) is 5.75 Å². The van der Waals surface area contributed by atoms with Crippen molar-refractivity contribution in [1.82, 2.24) is 14.9 Å². The second-order valence-electron chi connectivity index (χ2n) is 7.74. The highest BCUT2D eigenvalue weighted by molar-refractivity contribution is 5.31. The molecule has 0 bridgehead atoms. The SMILES string of the molecule is COc1cc(F)c(CN2CCc3c(nc(C4CCCCC4)[nH]c3=O)C2)c(F)c1. The standard InChI is InChI=1S/C21H25F2N3O2/c1-28-14-9-17(22)16(18(23)10-14)11-26-8-7-15-19(12-26)24-20(25-21(15)27)13-5-3-2-4-6-13/h9-10,13H,2-8,11-12H2,1H3,(H,24,25,27). The minimum absolute atomic E-state index is 0.0154. The Morgan fingerprint density at radius 2 is 1.93 bits per heavy atom. The van der Waals surface area contributed by atoms with Crippen LogP contribution >= 0.6 is 0 Å². The predicted octanol–water partition coefficient (Wildman–Crippen LogP) is 3.66. The number of methoxy groups -OCH3 is 1. The van der Waals surface area contributed by atoms with Gasteiger partial charge in [-0.25, -0.2) is 13.8 Å². The van der Waals surface area contributed by atoms with Crippen LogP contribution in [0.2, 0.25) is 0 Å². The second-order valence-corrected chi connectivity index (χ2v) is 7.74. The van der Waals surface area contributed by atoms with Crippen LogP contribution in [-0.4, -0.2) is 28.5 Å². The zero-order valence-electron chi connectivity index (χ0n) is 16.1. The Morgan fingerprint density at radius 1 is 1.21 bits per heavy atom. The highest BCUT2D eigenvalue weighted by Gasteiger charge is 2.25. The summed E-state index contributed by atoms with van der Waals surface area (Å²) in [6.45, 7) is 1.11. The molecule has 5 nitrogen and oxygen atoms in total. The molecule has 1 aromatic heterocycles. The lowest BCUT2D eigenvalue weighted by atomic mass is 9.88. The number of aromatic amines is 1. The van der Waals surface area contributed by atoms with Gasteiger partial charge in [0.05, 0.1) is 12.8 Å². The zero-order valence-corrected chi connectivity index (χ0v) is 16.1. The largest absolute Gasteiger partial charge is 0.497 e. The number of ether oxygens (including phenoxy) is 1. The molecule has 4 rings (SSSR count). The smallest absolute Gasteiger partial charge is 0.254 e. The van der Waals surface area contributed by atoms with Crippen molar-refractivity contribution < 1.29 is 13.5 Å². The number of rotatable bonds is 4. The van der Waals surface area contributed by atoms with Gasteiger partial charge in [-0.15, -0.1) is 0 Å². The van der Waals surface area contributed by atoms with E-state index in [0.29, 0.717) is 31.0 Å². The molecule has 0 atom stereocenters. The van der Waals surface area contributed by atoms with Crippen LogP contribution in [0.3, 0.4) is 0 Å². The monoisotopic (exact) mass is 389 g/mol. The first-order valence-electron chi connectivity index (χ1n) is 9.91. The number of H-pyrrole nitrogens is 1. The van der Waals surface area contributed by atoms with Gasteiger partial charge in [-0.1, -0.05) is 19.3 Å². The fraction of sp³-hybridized carbons (Fsp3) is 0.524. The van der Waals surface area contributed by atoms with Crippen molar-refractivity contribution in [1.29, 1.82) is 0 Å². The van der Waals surface area contributed by atoms with E-state index in [0.717, 1.165) is 37.2 Å². The van der Waals surface area contributed by atoms with E-state index in [9.17, 15) is 13.6 Å². The fourth-order valence-electron chi connectivity index (χ4n) is 4.29. The molecule has 1 aliphatic heterocycles. The number of nitrogens with one attached hydrogen (secondary N) is 1. The molecule has 7 heteroatoms. The first kappa shape index (κ1) is 19.1. The minimum atomic E-state index is -0.621. The predicted molar refractivity (Wildman–Crippen MR) is 101 cm³/mol. The van der Waals surface area contributed by atoms with Crippen molar-refractivity contribution in [3.8, 4) is 5.75 Å². The molecule has 0 radical (unpaired) electrons. The molecular formula is C21H25F2N3O2. The number of hydrogen-bond acceptors (Lipinski definition) is 4. The summed E-state index contributed by atoms with van der Waals surface area (Å²) in [5, 5.41) is 0. The first-order chi connectivity index (χ1) is 13.5. The van der Waals surface area contributed by atoms with Crippen molar-refractivity contribution >= 4 is 0 Å². The van der Waals surface area contributed by atoms with Crippen molar-refractivity contribution in [3.63, 3.8) is 0 Å². The molecular weight excluding hydrogens is 364 g/mol. The van der Waals surface area contributed by atoms with Crippen molar-refractivity contribution in [2.24, 2.45) is 0 Å². The van der Waals surface area contributed by atoms with E-state index in [1.165, 1.54) is 25.7 Å². The van der Waals surface area contributed by atoms with Crippen LogP contribution in [0.15, 0.2) is 16.9 Å². The van der Waals surface area contributed by atoms with Crippen LogP contribution < -0.4 is 10.3 Å². The Balaban J connectivity index is 1.56. The van der Waals surface area contributed by atoms with E-state index in [2.05, 4.69) is 4.98 Å². The van der Waals surface area contributed by atoms with E-state index in [-0.39, 0.29) is 23.4 Å². The number of benzene rings is 1. The maximum absolute atomic E-state index is 14.3. The van der Waals surface area contributed by atoms with E-state index >= 15 is 0 Å². The Morgan fingerprint density at radius 3 is 2.61 bits per heavy atom. The van der Waals surface area contributed by atoms with Crippen molar-refractivity contribution in [2.45, 2.75) is 57.5 Å². The van der Waals surface area contributed by atoms with Crippen LogP contribution in [0.25, 0.3) is 0 Å². The normalized spacial score (nSPS) is 18.1. The summed E-state index contributed by atoms with van der Waals surface area (Å²) in [6, 6.07) is 2.39. The molecule has 1 aromatic carbocycles. The number of halogens is 2. The molecule has 1 aliphatic carbocycles. The molecule has 1 fully saturated rings. The van der Waals surface area contributed by atoms with Gasteiger partial charge >= 0.3 is 0 Å². The Labute approximate surface area is 162 Å². The quantitative estimate of drug-likeness (QED) is 0.867. The minimum Gasteiger partial charge on any atom is -0.497 e. The molecule has 150 valence electrons. The summed E-state index contributed by atoms with van der Waals surface area (Å²) in [4.78, 5) is 22.2. The molecule has 0 spiro atoms. The number of hydrogen-bond donors (Lipinski definition) is 1. The maximum atomic E-state index is 14.3. The summed E-state index contributed by atoms with van der Waals surface area (Å²) in [5.74, 6) is -0.00686. The average Bonchev–Trinajstić information content (AvgIpc) is 2.71. The average molecular weight is 389 g/mol. The van der Waals surface area contributed by atoms with Crippen molar-refractivity contribution in [3.05, 3.63) is 56.8 Å². The molecule has 2 aliphatic rings. The molecule has 1 N–H and O–H groups in total. The molecule has 0 saturated heterocycles. The number of nitrogens with zero attached hydrogens (tertiary/aromatic N) is 2. The van der Waals surface area contributed by atoms with Gasteiger partial charge in [-0.05, 0) is 19.3 Å². The lowest BCUT2D eigenvalue weighted by Crippen LogP contribution is -2.36. The van der Waals surface area contributed by atoms with Gasteiger partial charge in [0.2, 0.25) is 0 Å². The third-order valence-electron chi connectivity index (χ3n) is 5.89. The van der Waals surface area contributed by atoms with E-state index in [1.54, 1.807) is 0 Å². The van der Waals surface area contributed by atoms with E-state index in [4.69, 9.17) is 9.72 Å². The molecule has 0 amide bonds. The Kier molecular flexibility index (Phi) is 5.44. The fourth-order valence-corrected chi connectivity index (χ4v) is 4.29. The summed E-state index contributed by atoms with van der Waals surface area (Å²) >= 11 is 0. The van der Waals surface area contributed by atoms with Crippen LogP contribution in [0.4, 0.5) is 8.78 Å². The molecule has 1 saturated carbocycles. The molecule has 0 unspecified atom stereocenters. The Bertz CT molecular complexity index is 899. The van der Waals surface area contributed by atoms with E-state index < -0.39 is 11.6 Å². The summed E-state index contributed by atoms with van der Waals surface area (Å²) < 4.78 is 33.5. The van der Waals surface area contributed by atoms with Crippen LogP contribution in [-0.2, 0) is 19.5 Å². The highest BCUT2D eigenvalue weighted by Crippen LogP contribution is 2.31. The van der Waals surface area contributed by atoms with Crippen LogP contribution in [0.1, 0.15) is 60.7 Å².